The van der Waals surface area contributed by atoms with E-state index in [0.29, 0.717) is 0 Å². The molecule has 2 unspecified atom stereocenters. The Balaban J connectivity index is -0.0000000542. The van der Waals surface area contributed by atoms with Crippen LogP contribution in [0.25, 0.3) is 0 Å². The van der Waals surface area contributed by atoms with Gasteiger partial charge in [0.1, 0.15) is 0 Å². The minimum Gasteiger partial charge on any atom is -0.333 e. The van der Waals surface area contributed by atoms with Crippen molar-refractivity contribution in [2.24, 2.45) is 17.6 Å². The summed E-state index contributed by atoms with van der Waals surface area (Å²) >= 11 is 0. The maximum Gasteiger partial charge on any atom is -0.0195 e. The maximum atomic E-state index is 4.50. The first kappa shape index (κ1) is 23.6. The van der Waals surface area contributed by atoms with Crippen molar-refractivity contribution in [3.63, 3.8) is 0 Å². The van der Waals surface area contributed by atoms with E-state index in [0.717, 1.165) is 11.8 Å². The topological polar surface area (TPSA) is 26.0 Å². The fourth-order valence-electron chi connectivity index (χ4n) is 0.833. The van der Waals surface area contributed by atoms with Gasteiger partial charge in [-0.3, -0.25) is 0 Å². The van der Waals surface area contributed by atoms with Gasteiger partial charge in [-0.2, -0.15) is 0 Å². The molecule has 0 aromatic carbocycles. The number of hydrogen-bond acceptors (Lipinski definition) is 1. The summed E-state index contributed by atoms with van der Waals surface area (Å²) in [5, 5.41) is 0. The monoisotopic (exact) mass is 205 g/mol. The lowest BCUT2D eigenvalue weighted by molar-refractivity contribution is 0.219. The highest BCUT2D eigenvalue weighted by Gasteiger charge is 2.20. The van der Waals surface area contributed by atoms with Crippen LogP contribution in [-0.2, 0) is 0 Å². The summed E-state index contributed by atoms with van der Waals surface area (Å²) in [5.74, 6) is 2.06. The van der Waals surface area contributed by atoms with Gasteiger partial charge in [-0.05, 0) is 18.9 Å². The van der Waals surface area contributed by atoms with Crippen molar-refractivity contribution in [1.29, 1.82) is 0 Å². The summed E-state index contributed by atoms with van der Waals surface area (Å²) in [7, 11) is 1.50. The molecule has 0 aromatic heterocycles. The average Bonchev–Trinajstić information content (AvgIpc) is 2.36. The van der Waals surface area contributed by atoms with E-state index in [9.17, 15) is 0 Å². The van der Waals surface area contributed by atoms with Crippen molar-refractivity contribution in [3.8, 4) is 0 Å². The first-order valence-electron chi connectivity index (χ1n) is 6.38. The van der Waals surface area contributed by atoms with Gasteiger partial charge in [0.2, 0.25) is 0 Å². The predicted octanol–water partition coefficient (Wildman–Crippen LogP) is 4.71. The molecule has 14 heavy (non-hydrogen) atoms. The van der Waals surface area contributed by atoms with Crippen LogP contribution < -0.4 is 5.73 Å². The van der Waals surface area contributed by atoms with E-state index in [-0.39, 0.29) is 0 Å². The molecule has 0 amide bonds. The standard InChI is InChI=1S/C6H12.3C2H6.CH5N/c1-5-3-4-6(5)2;4*1-2/h5-6H,3-4H2,1-2H3;3*1-2H3;2H2,1H3. The Labute approximate surface area is 93.5 Å². The number of nitrogens with two attached hydrogens (primary N) is 1. The van der Waals surface area contributed by atoms with Crippen molar-refractivity contribution in [2.45, 2.75) is 68.2 Å². The zero-order valence-corrected chi connectivity index (χ0v) is 12.1. The minimum absolute atomic E-state index is 1.03. The fraction of sp³-hybridized carbons (Fsp3) is 1.00. The van der Waals surface area contributed by atoms with Gasteiger partial charge in [0.15, 0.2) is 0 Å². The molecule has 2 N–H and O–H groups in total. The molecular weight excluding hydrogens is 170 g/mol. The second kappa shape index (κ2) is 29.3. The van der Waals surface area contributed by atoms with E-state index < -0.39 is 0 Å². The molecule has 0 bridgehead atoms. The van der Waals surface area contributed by atoms with Crippen LogP contribution in [0, 0.1) is 11.8 Å². The normalized spacial score (nSPS) is 21.0. The van der Waals surface area contributed by atoms with Crippen molar-refractivity contribution >= 4 is 0 Å². The molecule has 0 radical (unpaired) electrons. The molecule has 0 aliphatic heterocycles. The maximum absolute atomic E-state index is 4.50. The average molecular weight is 205 g/mol. The Morgan fingerprint density at radius 1 is 0.643 bits per heavy atom. The van der Waals surface area contributed by atoms with Gasteiger partial charge < -0.3 is 5.73 Å². The third kappa shape index (κ3) is 17.9. The summed E-state index contributed by atoms with van der Waals surface area (Å²) in [5.41, 5.74) is 4.50. The van der Waals surface area contributed by atoms with Crippen molar-refractivity contribution < 1.29 is 0 Å². The number of rotatable bonds is 0. The molecule has 0 saturated heterocycles. The van der Waals surface area contributed by atoms with Gasteiger partial charge in [-0.1, -0.05) is 68.2 Å². The summed E-state index contributed by atoms with van der Waals surface area (Å²) in [6, 6.07) is 0. The molecule has 0 aromatic rings. The van der Waals surface area contributed by atoms with Crippen molar-refractivity contribution in [3.05, 3.63) is 0 Å². The van der Waals surface area contributed by atoms with Crippen LogP contribution in [0.1, 0.15) is 68.2 Å². The van der Waals surface area contributed by atoms with Crippen LogP contribution >= 0.6 is 0 Å². The van der Waals surface area contributed by atoms with Gasteiger partial charge in [0, 0.05) is 0 Å². The molecule has 1 heteroatoms. The summed E-state index contributed by atoms with van der Waals surface area (Å²) in [6.45, 7) is 16.7. The largest absolute Gasteiger partial charge is 0.333 e. The Morgan fingerprint density at radius 2 is 0.786 bits per heavy atom. The van der Waals surface area contributed by atoms with Crippen LogP contribution in [0.4, 0.5) is 0 Å². The predicted molar refractivity (Wildman–Crippen MR) is 71.7 cm³/mol. The molecular formula is C13H35N. The van der Waals surface area contributed by atoms with E-state index in [2.05, 4.69) is 19.6 Å². The smallest absolute Gasteiger partial charge is 0.0195 e. The molecule has 1 fully saturated rings. The van der Waals surface area contributed by atoms with Gasteiger partial charge in [0.05, 0.1) is 0 Å². The highest BCUT2D eigenvalue weighted by atomic mass is 14.4. The van der Waals surface area contributed by atoms with E-state index >= 15 is 0 Å². The van der Waals surface area contributed by atoms with Crippen molar-refractivity contribution in [2.75, 3.05) is 7.05 Å². The highest BCUT2D eigenvalue weighted by molar-refractivity contribution is 4.71. The van der Waals surface area contributed by atoms with Crippen molar-refractivity contribution in [1.82, 2.24) is 0 Å². The van der Waals surface area contributed by atoms with Gasteiger partial charge in [-0.15, -0.1) is 0 Å². The van der Waals surface area contributed by atoms with Gasteiger partial charge in [-0.25, -0.2) is 0 Å². The zero-order chi connectivity index (χ0) is 12.6. The number of hydrogen-bond donors (Lipinski definition) is 1. The molecule has 1 saturated carbocycles. The molecule has 0 spiro atoms. The summed E-state index contributed by atoms with van der Waals surface area (Å²) in [4.78, 5) is 0. The van der Waals surface area contributed by atoms with E-state index in [1.54, 1.807) is 0 Å². The lowest BCUT2D eigenvalue weighted by Crippen LogP contribution is -2.18. The summed E-state index contributed by atoms with van der Waals surface area (Å²) < 4.78 is 0. The molecule has 1 nitrogen and oxygen atoms in total. The summed E-state index contributed by atoms with van der Waals surface area (Å²) in [6.07, 6.45) is 2.95. The van der Waals surface area contributed by atoms with Gasteiger partial charge in [0.25, 0.3) is 0 Å². The highest BCUT2D eigenvalue weighted by Crippen LogP contribution is 2.32. The van der Waals surface area contributed by atoms with Crippen LogP contribution in [-0.4, -0.2) is 7.05 Å². The Hall–Kier alpha value is -0.0400. The molecule has 2 atom stereocenters. The van der Waals surface area contributed by atoms with Crippen LogP contribution in [0.2, 0.25) is 0 Å². The molecule has 1 aliphatic rings. The third-order valence-corrected chi connectivity index (χ3v) is 2.05. The third-order valence-electron chi connectivity index (χ3n) is 2.05. The lowest BCUT2D eigenvalue weighted by atomic mass is 9.77. The molecule has 1 rings (SSSR count). The second-order valence-electron chi connectivity index (χ2n) is 2.53. The SMILES string of the molecule is CC.CC.CC.CC1CCC1C.CN. The molecule has 92 valence electrons. The first-order valence-corrected chi connectivity index (χ1v) is 6.38. The van der Waals surface area contributed by atoms with E-state index in [4.69, 9.17) is 0 Å². The first-order chi connectivity index (χ1) is 6.80. The molecule has 0 heterocycles. The minimum atomic E-state index is 1.03. The van der Waals surface area contributed by atoms with E-state index in [1.807, 2.05) is 41.5 Å². The second-order valence-corrected chi connectivity index (χ2v) is 2.53. The van der Waals surface area contributed by atoms with Crippen LogP contribution in [0.15, 0.2) is 0 Å². The lowest BCUT2D eigenvalue weighted by Gasteiger charge is -2.29. The van der Waals surface area contributed by atoms with E-state index in [1.165, 1.54) is 19.9 Å². The Bertz CT molecular complexity index is 45.2. The van der Waals surface area contributed by atoms with Crippen LogP contribution in [0.5, 0.6) is 0 Å². The Kier molecular flexibility index (Phi) is 49.4. The Morgan fingerprint density at radius 3 is 0.786 bits per heavy atom. The zero-order valence-electron chi connectivity index (χ0n) is 12.1. The van der Waals surface area contributed by atoms with Gasteiger partial charge >= 0.3 is 0 Å². The van der Waals surface area contributed by atoms with Crippen LogP contribution in [0.3, 0.4) is 0 Å². The molecule has 1 aliphatic carbocycles. The quantitative estimate of drug-likeness (QED) is 0.609. The fourth-order valence-corrected chi connectivity index (χ4v) is 0.833.